The molecule has 25 heavy (non-hydrogen) atoms. The first-order valence-electron chi connectivity index (χ1n) is 8.45. The molecule has 0 bridgehead atoms. The number of nitrogens with one attached hydrogen (secondary N) is 2. The number of nitrogens with zero attached hydrogens (tertiary/aromatic N) is 4. The molecule has 1 aliphatic heterocycles. The molecule has 0 spiro atoms. The quantitative estimate of drug-likeness (QED) is 0.740. The van der Waals surface area contributed by atoms with Gasteiger partial charge in [-0.05, 0) is 37.5 Å². The summed E-state index contributed by atoms with van der Waals surface area (Å²) in [5, 5.41) is 6.57. The molecule has 7 heteroatoms. The number of hydrogen-bond donors (Lipinski definition) is 2. The number of benzene rings is 1. The van der Waals surface area contributed by atoms with E-state index in [-0.39, 0.29) is 6.10 Å². The zero-order valence-corrected chi connectivity index (χ0v) is 14.1. The SMILES string of the molecule is Cc1cccc(Nc2ncnc3cnc(NCC4CCCO4)nc23)c1. The Kier molecular flexibility index (Phi) is 4.39. The highest BCUT2D eigenvalue weighted by Gasteiger charge is 2.16. The lowest BCUT2D eigenvalue weighted by atomic mass is 10.2. The monoisotopic (exact) mass is 336 g/mol. The maximum atomic E-state index is 5.62. The van der Waals surface area contributed by atoms with Gasteiger partial charge < -0.3 is 15.4 Å². The lowest BCUT2D eigenvalue weighted by molar-refractivity contribution is 0.120. The minimum absolute atomic E-state index is 0.233. The second-order valence-corrected chi connectivity index (χ2v) is 6.16. The molecule has 0 amide bonds. The number of hydrogen-bond acceptors (Lipinski definition) is 7. The smallest absolute Gasteiger partial charge is 0.223 e. The van der Waals surface area contributed by atoms with Gasteiger partial charge in [0.25, 0.3) is 0 Å². The summed E-state index contributed by atoms with van der Waals surface area (Å²) in [6, 6.07) is 8.12. The fraction of sp³-hybridized carbons (Fsp3) is 0.333. The molecule has 0 radical (unpaired) electrons. The molecule has 7 nitrogen and oxygen atoms in total. The first-order valence-corrected chi connectivity index (χ1v) is 8.45. The first kappa shape index (κ1) is 15.7. The van der Waals surface area contributed by atoms with E-state index in [1.165, 1.54) is 11.9 Å². The molecule has 1 aromatic carbocycles. The molecule has 3 heterocycles. The van der Waals surface area contributed by atoms with Crippen LogP contribution in [0.15, 0.2) is 36.8 Å². The van der Waals surface area contributed by atoms with Crippen molar-refractivity contribution in [3.8, 4) is 0 Å². The van der Waals surface area contributed by atoms with E-state index in [1.54, 1.807) is 6.20 Å². The van der Waals surface area contributed by atoms with Crippen molar-refractivity contribution in [1.82, 2.24) is 19.9 Å². The van der Waals surface area contributed by atoms with Crippen molar-refractivity contribution >= 4 is 28.5 Å². The number of fused-ring (bicyclic) bond motifs is 1. The van der Waals surface area contributed by atoms with Gasteiger partial charge in [0.1, 0.15) is 17.4 Å². The second kappa shape index (κ2) is 6.98. The summed E-state index contributed by atoms with van der Waals surface area (Å²) in [5.41, 5.74) is 3.53. The minimum Gasteiger partial charge on any atom is -0.376 e. The van der Waals surface area contributed by atoms with E-state index < -0.39 is 0 Å². The van der Waals surface area contributed by atoms with Crippen LogP contribution >= 0.6 is 0 Å². The molecule has 2 N–H and O–H groups in total. The number of aromatic nitrogens is 4. The van der Waals surface area contributed by atoms with Crippen LogP contribution < -0.4 is 10.6 Å². The second-order valence-electron chi connectivity index (χ2n) is 6.16. The Bertz CT molecular complexity index is 878. The zero-order valence-electron chi connectivity index (χ0n) is 14.1. The Morgan fingerprint density at radius 2 is 2.20 bits per heavy atom. The average Bonchev–Trinajstić information content (AvgIpc) is 3.14. The fourth-order valence-corrected chi connectivity index (χ4v) is 2.90. The largest absolute Gasteiger partial charge is 0.376 e. The lowest BCUT2D eigenvalue weighted by Gasteiger charge is -2.12. The van der Waals surface area contributed by atoms with Gasteiger partial charge in [0.15, 0.2) is 5.82 Å². The van der Waals surface area contributed by atoms with E-state index in [1.807, 2.05) is 12.1 Å². The van der Waals surface area contributed by atoms with E-state index in [0.29, 0.717) is 29.3 Å². The van der Waals surface area contributed by atoms with Crippen LogP contribution in [0.5, 0.6) is 0 Å². The third kappa shape index (κ3) is 3.66. The van der Waals surface area contributed by atoms with Crippen molar-refractivity contribution < 1.29 is 4.74 Å². The number of aryl methyl sites for hydroxylation is 1. The van der Waals surface area contributed by atoms with Gasteiger partial charge in [-0.15, -0.1) is 0 Å². The molecule has 1 unspecified atom stereocenters. The van der Waals surface area contributed by atoms with Crippen LogP contribution in [0.1, 0.15) is 18.4 Å². The van der Waals surface area contributed by atoms with Crippen molar-refractivity contribution in [2.45, 2.75) is 25.9 Å². The Labute approximate surface area is 145 Å². The molecular formula is C18H20N6O. The highest BCUT2D eigenvalue weighted by molar-refractivity contribution is 5.87. The molecule has 3 aromatic rings. The summed E-state index contributed by atoms with van der Waals surface area (Å²) in [5.74, 6) is 1.23. The molecule has 0 saturated carbocycles. The molecule has 1 atom stereocenters. The molecule has 1 fully saturated rings. The predicted octanol–water partition coefficient (Wildman–Crippen LogP) is 3.06. The maximum Gasteiger partial charge on any atom is 0.223 e. The fourth-order valence-electron chi connectivity index (χ4n) is 2.90. The van der Waals surface area contributed by atoms with Crippen LogP contribution in [0.4, 0.5) is 17.5 Å². The maximum absolute atomic E-state index is 5.62. The van der Waals surface area contributed by atoms with E-state index in [9.17, 15) is 0 Å². The summed E-state index contributed by atoms with van der Waals surface area (Å²) < 4.78 is 5.62. The van der Waals surface area contributed by atoms with Gasteiger partial charge in [0.05, 0.1) is 12.3 Å². The van der Waals surface area contributed by atoms with E-state index >= 15 is 0 Å². The standard InChI is InChI=1S/C18H20N6O/c1-12-4-2-5-13(8-12)23-17-16-15(21-11-22-17)10-20-18(24-16)19-9-14-6-3-7-25-14/h2,4-5,8,10-11,14H,3,6-7,9H2,1H3,(H,19,20,24)(H,21,22,23). The van der Waals surface area contributed by atoms with E-state index in [4.69, 9.17) is 4.74 Å². The highest BCUT2D eigenvalue weighted by Crippen LogP contribution is 2.22. The third-order valence-corrected chi connectivity index (χ3v) is 4.17. The molecule has 128 valence electrons. The van der Waals surface area contributed by atoms with Crippen molar-refractivity contribution in [2.24, 2.45) is 0 Å². The summed E-state index contributed by atoms with van der Waals surface area (Å²) in [6.45, 7) is 3.60. The van der Waals surface area contributed by atoms with Crippen LogP contribution in [-0.2, 0) is 4.74 Å². The summed E-state index contributed by atoms with van der Waals surface area (Å²) in [4.78, 5) is 17.5. The van der Waals surface area contributed by atoms with Crippen molar-refractivity contribution in [3.63, 3.8) is 0 Å². The number of rotatable bonds is 5. The minimum atomic E-state index is 0.233. The van der Waals surface area contributed by atoms with Crippen LogP contribution in [0.3, 0.4) is 0 Å². The zero-order chi connectivity index (χ0) is 17.1. The van der Waals surface area contributed by atoms with Crippen molar-refractivity contribution in [3.05, 3.63) is 42.4 Å². The Hall–Kier alpha value is -2.80. The van der Waals surface area contributed by atoms with E-state index in [0.717, 1.165) is 25.1 Å². The molecule has 4 rings (SSSR count). The van der Waals surface area contributed by atoms with Gasteiger partial charge in [-0.2, -0.15) is 0 Å². The molecular weight excluding hydrogens is 316 g/mol. The Balaban J connectivity index is 1.59. The summed E-state index contributed by atoms with van der Waals surface area (Å²) in [7, 11) is 0. The van der Waals surface area contributed by atoms with Gasteiger partial charge in [-0.1, -0.05) is 12.1 Å². The summed E-state index contributed by atoms with van der Waals surface area (Å²) >= 11 is 0. The van der Waals surface area contributed by atoms with Crippen LogP contribution in [0.25, 0.3) is 11.0 Å². The molecule has 1 saturated heterocycles. The molecule has 0 aliphatic carbocycles. The van der Waals surface area contributed by atoms with Gasteiger partial charge in [-0.3, -0.25) is 0 Å². The van der Waals surface area contributed by atoms with Gasteiger partial charge in [0, 0.05) is 18.8 Å². The predicted molar refractivity (Wildman–Crippen MR) is 97.1 cm³/mol. The van der Waals surface area contributed by atoms with E-state index in [2.05, 4.69) is 49.6 Å². The third-order valence-electron chi connectivity index (χ3n) is 4.17. The average molecular weight is 336 g/mol. The normalized spacial score (nSPS) is 16.9. The van der Waals surface area contributed by atoms with Crippen LogP contribution in [-0.4, -0.2) is 39.2 Å². The van der Waals surface area contributed by atoms with Gasteiger partial charge in [0.2, 0.25) is 5.95 Å². The number of anilines is 3. The number of ether oxygens (including phenoxy) is 1. The Morgan fingerprint density at radius 3 is 3.04 bits per heavy atom. The van der Waals surface area contributed by atoms with Gasteiger partial charge in [-0.25, -0.2) is 19.9 Å². The first-order chi connectivity index (χ1) is 12.3. The highest BCUT2D eigenvalue weighted by atomic mass is 16.5. The van der Waals surface area contributed by atoms with Crippen molar-refractivity contribution in [1.29, 1.82) is 0 Å². The molecule has 2 aromatic heterocycles. The van der Waals surface area contributed by atoms with Crippen LogP contribution in [0.2, 0.25) is 0 Å². The Morgan fingerprint density at radius 1 is 1.24 bits per heavy atom. The van der Waals surface area contributed by atoms with Crippen molar-refractivity contribution in [2.75, 3.05) is 23.8 Å². The van der Waals surface area contributed by atoms with Gasteiger partial charge >= 0.3 is 0 Å². The lowest BCUT2D eigenvalue weighted by Crippen LogP contribution is -2.19. The molecule has 1 aliphatic rings. The van der Waals surface area contributed by atoms with Crippen LogP contribution in [0, 0.1) is 6.92 Å². The summed E-state index contributed by atoms with van der Waals surface area (Å²) in [6.07, 6.45) is 5.65. The topological polar surface area (TPSA) is 84.9 Å².